The highest BCUT2D eigenvalue weighted by molar-refractivity contribution is 5.67. The molecule has 7 heteroatoms. The average Bonchev–Trinajstić information content (AvgIpc) is 2.06. The molecule has 0 saturated carbocycles. The Morgan fingerprint density at radius 1 is 0.933 bits per heavy atom. The van der Waals surface area contributed by atoms with E-state index in [-0.39, 0.29) is 0 Å². The number of rotatable bonds is 1. The zero-order chi connectivity index (χ0) is 13.4. The minimum Gasteiger partial charge on any atom is -0.481 e. The standard InChI is InChI=1S/C2H4O3.2C2H4O2.C2H4/c3-1-2(4)5;2*1-2(3)4;1-2/h3H,1H2,(H,4,5);2*1H3,(H,3,4);1-2H2. The highest BCUT2D eigenvalue weighted by Gasteiger charge is 1.82. The van der Waals surface area contributed by atoms with Crippen LogP contribution in [-0.2, 0) is 14.4 Å². The molecule has 0 aromatic rings. The van der Waals surface area contributed by atoms with Crippen molar-refractivity contribution >= 4 is 17.9 Å². The fraction of sp³-hybridized carbons (Fsp3) is 0.375. The Bertz CT molecular complexity index is 156. The molecule has 0 aliphatic rings. The van der Waals surface area contributed by atoms with Gasteiger partial charge in [-0.15, -0.1) is 13.2 Å². The third kappa shape index (κ3) is 102000. The Morgan fingerprint density at radius 2 is 1.00 bits per heavy atom. The molecule has 0 radical (unpaired) electrons. The fourth-order valence-electron chi connectivity index (χ4n) is 0. The number of carboxylic acid groups (broad SMARTS) is 3. The summed E-state index contributed by atoms with van der Waals surface area (Å²) < 4.78 is 0. The number of aliphatic hydroxyl groups excluding tert-OH is 1. The van der Waals surface area contributed by atoms with Crippen molar-refractivity contribution in [1.82, 2.24) is 0 Å². The second-order valence-electron chi connectivity index (χ2n) is 1.59. The molecule has 0 aliphatic carbocycles. The molecular formula is C8H16O7. The highest BCUT2D eigenvalue weighted by Crippen LogP contribution is 1.49. The Hall–Kier alpha value is -1.89. The van der Waals surface area contributed by atoms with Crippen molar-refractivity contribution in [2.45, 2.75) is 13.8 Å². The van der Waals surface area contributed by atoms with Crippen molar-refractivity contribution in [3.8, 4) is 0 Å². The smallest absolute Gasteiger partial charge is 0.329 e. The first kappa shape index (κ1) is 23.2. The van der Waals surface area contributed by atoms with E-state index in [1.165, 1.54) is 0 Å². The van der Waals surface area contributed by atoms with Crippen LogP contribution in [0.1, 0.15) is 13.8 Å². The van der Waals surface area contributed by atoms with Gasteiger partial charge >= 0.3 is 5.97 Å². The van der Waals surface area contributed by atoms with E-state index in [2.05, 4.69) is 13.2 Å². The Balaban J connectivity index is -0.0000000562. The predicted octanol–water partition coefficient (Wildman–Crippen LogP) is 0.0473. The number of carbonyl (C=O) groups is 3. The molecule has 0 atom stereocenters. The van der Waals surface area contributed by atoms with E-state index < -0.39 is 24.5 Å². The molecule has 0 spiro atoms. The van der Waals surface area contributed by atoms with Gasteiger partial charge in [-0.25, -0.2) is 4.79 Å². The third-order valence-electron chi connectivity index (χ3n) is 0.135. The fourth-order valence-corrected chi connectivity index (χ4v) is 0. The van der Waals surface area contributed by atoms with Crippen LogP contribution in [0.3, 0.4) is 0 Å². The van der Waals surface area contributed by atoms with Crippen molar-refractivity contribution < 1.29 is 34.8 Å². The maximum atomic E-state index is 9.12. The molecule has 90 valence electrons. The second-order valence-corrected chi connectivity index (χ2v) is 1.59. The summed E-state index contributed by atoms with van der Waals surface area (Å²) in [5.74, 6) is -2.86. The first-order valence-corrected chi connectivity index (χ1v) is 3.45. The number of aliphatic carboxylic acids is 3. The zero-order valence-electron chi connectivity index (χ0n) is 8.63. The molecule has 7 nitrogen and oxygen atoms in total. The monoisotopic (exact) mass is 224 g/mol. The van der Waals surface area contributed by atoms with E-state index >= 15 is 0 Å². The first-order chi connectivity index (χ1) is 6.73. The minimum atomic E-state index is -1.19. The maximum absolute atomic E-state index is 9.12. The molecular weight excluding hydrogens is 208 g/mol. The van der Waals surface area contributed by atoms with Crippen molar-refractivity contribution in [3.05, 3.63) is 13.2 Å². The van der Waals surface area contributed by atoms with Crippen LogP contribution in [0.4, 0.5) is 0 Å². The maximum Gasteiger partial charge on any atom is 0.329 e. The molecule has 0 fully saturated rings. The number of aliphatic hydroxyl groups is 1. The van der Waals surface area contributed by atoms with Crippen LogP contribution in [0.25, 0.3) is 0 Å². The molecule has 15 heavy (non-hydrogen) atoms. The molecule has 0 unspecified atom stereocenters. The average molecular weight is 224 g/mol. The van der Waals surface area contributed by atoms with Crippen LogP contribution >= 0.6 is 0 Å². The third-order valence-corrected chi connectivity index (χ3v) is 0.135. The van der Waals surface area contributed by atoms with Crippen molar-refractivity contribution in [3.63, 3.8) is 0 Å². The van der Waals surface area contributed by atoms with Gasteiger partial charge in [0.2, 0.25) is 0 Å². The van der Waals surface area contributed by atoms with Gasteiger partial charge in [0.1, 0.15) is 6.61 Å². The van der Waals surface area contributed by atoms with Crippen LogP contribution in [0.5, 0.6) is 0 Å². The van der Waals surface area contributed by atoms with Gasteiger partial charge < -0.3 is 20.4 Å². The summed E-state index contributed by atoms with van der Waals surface area (Å²) in [7, 11) is 0. The lowest BCUT2D eigenvalue weighted by Gasteiger charge is -1.72. The van der Waals surface area contributed by atoms with E-state index in [1.54, 1.807) is 0 Å². The highest BCUT2D eigenvalue weighted by atomic mass is 16.4. The largest absolute Gasteiger partial charge is 0.481 e. The number of hydrogen-bond donors (Lipinski definition) is 4. The van der Waals surface area contributed by atoms with E-state index in [1.807, 2.05) is 0 Å². The Morgan fingerprint density at radius 3 is 1.00 bits per heavy atom. The number of carboxylic acids is 3. The van der Waals surface area contributed by atoms with Crippen molar-refractivity contribution in [2.24, 2.45) is 0 Å². The summed E-state index contributed by atoms with van der Waals surface area (Å²) in [4.78, 5) is 27.1. The van der Waals surface area contributed by atoms with Gasteiger partial charge in [0.05, 0.1) is 0 Å². The van der Waals surface area contributed by atoms with Gasteiger partial charge in [-0.1, -0.05) is 0 Å². The lowest BCUT2D eigenvalue weighted by Crippen LogP contribution is -1.98. The molecule has 4 N–H and O–H groups in total. The molecule has 0 amide bonds. The Labute approximate surface area is 87.3 Å². The summed E-state index contributed by atoms with van der Waals surface area (Å²) in [5, 5.41) is 29.8. The molecule has 0 saturated heterocycles. The topological polar surface area (TPSA) is 132 Å². The SMILES string of the molecule is C=C.CC(=O)O.CC(=O)O.O=C(O)CO. The summed E-state index contributed by atoms with van der Waals surface area (Å²) in [6.45, 7) is 7.39. The minimum absolute atomic E-state index is 0.778. The quantitative estimate of drug-likeness (QED) is 0.462. The summed E-state index contributed by atoms with van der Waals surface area (Å²) in [5.41, 5.74) is 0. The van der Waals surface area contributed by atoms with Gasteiger partial charge in [-0.2, -0.15) is 0 Å². The van der Waals surface area contributed by atoms with Gasteiger partial charge in [-0.05, 0) is 0 Å². The van der Waals surface area contributed by atoms with Crippen LogP contribution in [0.2, 0.25) is 0 Å². The molecule has 0 aliphatic heterocycles. The summed E-state index contributed by atoms with van der Waals surface area (Å²) in [6, 6.07) is 0. The summed E-state index contributed by atoms with van der Waals surface area (Å²) in [6.07, 6.45) is 0. The van der Waals surface area contributed by atoms with Crippen molar-refractivity contribution in [1.29, 1.82) is 0 Å². The first-order valence-electron chi connectivity index (χ1n) is 3.45. The van der Waals surface area contributed by atoms with E-state index in [9.17, 15) is 0 Å². The molecule has 0 rings (SSSR count). The van der Waals surface area contributed by atoms with Crippen LogP contribution < -0.4 is 0 Å². The van der Waals surface area contributed by atoms with Gasteiger partial charge in [-0.3, -0.25) is 9.59 Å². The molecule has 0 aromatic carbocycles. The van der Waals surface area contributed by atoms with E-state index in [0.717, 1.165) is 13.8 Å². The van der Waals surface area contributed by atoms with Crippen LogP contribution in [-0.4, -0.2) is 44.9 Å². The zero-order valence-corrected chi connectivity index (χ0v) is 8.63. The molecule has 0 bridgehead atoms. The van der Waals surface area contributed by atoms with Crippen molar-refractivity contribution in [2.75, 3.05) is 6.61 Å². The summed E-state index contributed by atoms with van der Waals surface area (Å²) >= 11 is 0. The lowest BCUT2D eigenvalue weighted by atomic mass is 10.8. The van der Waals surface area contributed by atoms with Gasteiger partial charge in [0, 0.05) is 13.8 Å². The Kier molecular flexibility index (Phi) is 35.1. The normalized spacial score (nSPS) is 6.07. The van der Waals surface area contributed by atoms with E-state index in [4.69, 9.17) is 34.8 Å². The second kappa shape index (κ2) is 22.7. The van der Waals surface area contributed by atoms with Crippen LogP contribution in [0, 0.1) is 0 Å². The van der Waals surface area contributed by atoms with Crippen LogP contribution in [0.15, 0.2) is 13.2 Å². The molecule has 0 aromatic heterocycles. The van der Waals surface area contributed by atoms with Gasteiger partial charge in [0.15, 0.2) is 0 Å². The number of hydrogen-bond acceptors (Lipinski definition) is 4. The lowest BCUT2D eigenvalue weighted by molar-refractivity contribution is -0.140. The predicted molar refractivity (Wildman–Crippen MR) is 52.6 cm³/mol. The molecule has 0 heterocycles. The van der Waals surface area contributed by atoms with Gasteiger partial charge in [0.25, 0.3) is 11.9 Å². The van der Waals surface area contributed by atoms with E-state index in [0.29, 0.717) is 0 Å².